The molecule has 0 saturated heterocycles. The first-order valence-electron chi connectivity index (χ1n) is 9.03. The van der Waals surface area contributed by atoms with Crippen LogP contribution in [0.1, 0.15) is 5.56 Å². The Balaban J connectivity index is 1.81. The molecule has 1 heterocycles. The van der Waals surface area contributed by atoms with Crippen molar-refractivity contribution in [3.05, 3.63) is 95.7 Å². The van der Waals surface area contributed by atoms with Gasteiger partial charge in [-0.05, 0) is 60.2 Å². The number of methoxy groups -OCH3 is 1. The summed E-state index contributed by atoms with van der Waals surface area (Å²) in [4.78, 5) is 27.3. The highest BCUT2D eigenvalue weighted by atomic mass is 19.1. The lowest BCUT2D eigenvalue weighted by atomic mass is 10.0. The van der Waals surface area contributed by atoms with Gasteiger partial charge in [-0.25, -0.2) is 13.7 Å². The summed E-state index contributed by atoms with van der Waals surface area (Å²) in [5.74, 6) is -1.65. The topological polar surface area (TPSA) is 58.6 Å². The highest BCUT2D eigenvalue weighted by molar-refractivity contribution is 6.46. The van der Waals surface area contributed by atoms with E-state index in [2.05, 4.69) is 5.32 Å². The predicted octanol–water partition coefficient (Wildman–Crippen LogP) is 4.37. The molecule has 0 unspecified atom stereocenters. The minimum absolute atomic E-state index is 0.0148. The van der Waals surface area contributed by atoms with E-state index in [1.807, 2.05) is 0 Å². The maximum Gasteiger partial charge on any atom is 0.282 e. The first-order chi connectivity index (χ1) is 14.5. The number of carbonyl (C=O) groups excluding carboxylic acids is 2. The maximum absolute atomic E-state index is 13.7. The van der Waals surface area contributed by atoms with E-state index in [1.165, 1.54) is 49.6 Å². The maximum atomic E-state index is 13.7. The van der Waals surface area contributed by atoms with Gasteiger partial charge in [0.2, 0.25) is 0 Å². The van der Waals surface area contributed by atoms with Crippen LogP contribution >= 0.6 is 0 Å². The van der Waals surface area contributed by atoms with Crippen molar-refractivity contribution in [1.29, 1.82) is 0 Å². The Labute approximate surface area is 171 Å². The second-order valence-corrected chi connectivity index (χ2v) is 6.54. The van der Waals surface area contributed by atoms with Gasteiger partial charge in [0.15, 0.2) is 0 Å². The normalized spacial score (nSPS) is 13.8. The monoisotopic (exact) mass is 406 g/mol. The zero-order valence-electron chi connectivity index (χ0n) is 15.9. The highest BCUT2D eigenvalue weighted by Gasteiger charge is 2.40. The van der Waals surface area contributed by atoms with Crippen LogP contribution in [0.5, 0.6) is 5.75 Å². The number of nitrogens with zero attached hydrogens (tertiary/aromatic N) is 1. The number of anilines is 2. The SMILES string of the molecule is COc1ccc(C2=C(Nc3ccc(F)cc3)C(=O)N(c3cccc(F)c3)C2=O)cc1. The molecule has 0 saturated carbocycles. The molecular weight excluding hydrogens is 390 g/mol. The Morgan fingerprint density at radius 1 is 0.833 bits per heavy atom. The van der Waals surface area contributed by atoms with E-state index in [4.69, 9.17) is 4.74 Å². The molecule has 0 aliphatic carbocycles. The molecule has 1 aliphatic rings. The quantitative estimate of drug-likeness (QED) is 0.640. The van der Waals surface area contributed by atoms with Crippen LogP contribution in [-0.2, 0) is 9.59 Å². The zero-order valence-corrected chi connectivity index (χ0v) is 15.9. The van der Waals surface area contributed by atoms with Crippen molar-refractivity contribution in [3.63, 3.8) is 0 Å². The van der Waals surface area contributed by atoms with Crippen molar-refractivity contribution >= 4 is 28.8 Å². The van der Waals surface area contributed by atoms with Crippen molar-refractivity contribution in [2.75, 3.05) is 17.3 Å². The molecule has 2 amide bonds. The number of halogens is 2. The Morgan fingerprint density at radius 3 is 2.17 bits per heavy atom. The highest BCUT2D eigenvalue weighted by Crippen LogP contribution is 2.34. The van der Waals surface area contributed by atoms with Gasteiger partial charge in [-0.15, -0.1) is 0 Å². The van der Waals surface area contributed by atoms with E-state index in [0.717, 1.165) is 11.0 Å². The molecule has 7 heteroatoms. The van der Waals surface area contributed by atoms with Gasteiger partial charge in [0.25, 0.3) is 11.8 Å². The third-order valence-corrected chi connectivity index (χ3v) is 4.64. The van der Waals surface area contributed by atoms with E-state index < -0.39 is 23.4 Å². The number of amides is 2. The molecule has 0 aromatic heterocycles. The lowest BCUT2D eigenvalue weighted by Gasteiger charge is -2.15. The summed E-state index contributed by atoms with van der Waals surface area (Å²) < 4.78 is 32.1. The van der Waals surface area contributed by atoms with Crippen LogP contribution in [0.25, 0.3) is 5.57 Å². The van der Waals surface area contributed by atoms with Gasteiger partial charge in [-0.3, -0.25) is 9.59 Å². The second kappa shape index (κ2) is 7.79. The van der Waals surface area contributed by atoms with Gasteiger partial charge in [0.1, 0.15) is 23.1 Å². The fourth-order valence-corrected chi connectivity index (χ4v) is 3.20. The fraction of sp³-hybridized carbons (Fsp3) is 0.0435. The number of hydrogen-bond acceptors (Lipinski definition) is 4. The van der Waals surface area contributed by atoms with Crippen molar-refractivity contribution < 1.29 is 23.1 Å². The largest absolute Gasteiger partial charge is 0.497 e. The van der Waals surface area contributed by atoms with Crippen LogP contribution < -0.4 is 15.0 Å². The van der Waals surface area contributed by atoms with Gasteiger partial charge >= 0.3 is 0 Å². The fourth-order valence-electron chi connectivity index (χ4n) is 3.20. The number of ether oxygens (including phenoxy) is 1. The minimum atomic E-state index is -0.638. The lowest BCUT2D eigenvalue weighted by Crippen LogP contribution is -2.32. The average Bonchev–Trinajstić information content (AvgIpc) is 2.99. The summed E-state index contributed by atoms with van der Waals surface area (Å²) in [5, 5.41) is 2.92. The summed E-state index contributed by atoms with van der Waals surface area (Å²) in [6, 6.07) is 17.3. The molecular formula is C23H16F2N2O3. The van der Waals surface area contributed by atoms with Crippen molar-refractivity contribution in [2.45, 2.75) is 0 Å². The minimum Gasteiger partial charge on any atom is -0.497 e. The first kappa shape index (κ1) is 19.3. The van der Waals surface area contributed by atoms with Crippen LogP contribution in [0.2, 0.25) is 0 Å². The molecule has 0 fully saturated rings. The van der Waals surface area contributed by atoms with Crippen LogP contribution in [0.15, 0.2) is 78.5 Å². The Kier molecular flexibility index (Phi) is 5.02. The van der Waals surface area contributed by atoms with E-state index in [0.29, 0.717) is 17.0 Å². The van der Waals surface area contributed by atoms with Crippen molar-refractivity contribution in [2.24, 2.45) is 0 Å². The molecule has 5 nitrogen and oxygen atoms in total. The van der Waals surface area contributed by atoms with E-state index in [1.54, 1.807) is 24.3 Å². The standard InChI is InChI=1S/C23H16F2N2O3/c1-30-19-11-5-14(6-12-19)20-21(26-17-9-7-15(24)8-10-17)23(29)27(22(20)28)18-4-2-3-16(25)13-18/h2-13,26H,1H3. The van der Waals surface area contributed by atoms with E-state index in [-0.39, 0.29) is 17.0 Å². The van der Waals surface area contributed by atoms with Crippen LogP contribution in [0.4, 0.5) is 20.2 Å². The van der Waals surface area contributed by atoms with E-state index in [9.17, 15) is 18.4 Å². The van der Waals surface area contributed by atoms with Gasteiger partial charge < -0.3 is 10.1 Å². The van der Waals surface area contributed by atoms with Gasteiger partial charge in [-0.1, -0.05) is 18.2 Å². The number of rotatable bonds is 5. The molecule has 1 aliphatic heterocycles. The molecule has 0 bridgehead atoms. The Morgan fingerprint density at radius 2 is 1.53 bits per heavy atom. The average molecular weight is 406 g/mol. The number of benzene rings is 3. The molecule has 0 radical (unpaired) electrons. The number of nitrogens with one attached hydrogen (secondary N) is 1. The Bertz CT molecular complexity index is 1160. The molecule has 3 aromatic rings. The summed E-state index contributed by atoms with van der Waals surface area (Å²) >= 11 is 0. The molecule has 1 N–H and O–H groups in total. The molecule has 0 atom stereocenters. The summed E-state index contributed by atoms with van der Waals surface area (Å²) in [5.41, 5.74) is 1.17. The third-order valence-electron chi connectivity index (χ3n) is 4.64. The van der Waals surface area contributed by atoms with Crippen LogP contribution in [-0.4, -0.2) is 18.9 Å². The van der Waals surface area contributed by atoms with Gasteiger partial charge in [0, 0.05) is 5.69 Å². The molecule has 4 rings (SSSR count). The van der Waals surface area contributed by atoms with Gasteiger partial charge in [0.05, 0.1) is 18.4 Å². The molecule has 150 valence electrons. The van der Waals surface area contributed by atoms with Gasteiger partial charge in [-0.2, -0.15) is 0 Å². The molecule has 30 heavy (non-hydrogen) atoms. The summed E-state index contributed by atoms with van der Waals surface area (Å²) in [6.07, 6.45) is 0. The first-order valence-corrected chi connectivity index (χ1v) is 9.03. The summed E-state index contributed by atoms with van der Waals surface area (Å²) in [7, 11) is 1.52. The molecule has 3 aromatic carbocycles. The third kappa shape index (κ3) is 3.53. The number of imide groups is 1. The zero-order chi connectivity index (χ0) is 21.3. The number of carbonyl (C=O) groups is 2. The predicted molar refractivity (Wildman–Crippen MR) is 109 cm³/mol. The van der Waals surface area contributed by atoms with Crippen LogP contribution in [0, 0.1) is 11.6 Å². The number of hydrogen-bond donors (Lipinski definition) is 1. The Hall–Kier alpha value is -4.00. The van der Waals surface area contributed by atoms with Crippen molar-refractivity contribution in [1.82, 2.24) is 0 Å². The lowest BCUT2D eigenvalue weighted by molar-refractivity contribution is -0.120. The van der Waals surface area contributed by atoms with Crippen LogP contribution in [0.3, 0.4) is 0 Å². The molecule has 0 spiro atoms. The summed E-state index contributed by atoms with van der Waals surface area (Å²) in [6.45, 7) is 0. The second-order valence-electron chi connectivity index (χ2n) is 6.54. The smallest absolute Gasteiger partial charge is 0.282 e. The van der Waals surface area contributed by atoms with E-state index >= 15 is 0 Å². The van der Waals surface area contributed by atoms with Crippen molar-refractivity contribution in [3.8, 4) is 5.75 Å².